The van der Waals surface area contributed by atoms with Crippen LogP contribution in [0.2, 0.25) is 0 Å². The SMILES string of the molecule is CN(Cc1cccc([N+](=O)[O-])c1)CC1CNCCO1. The Morgan fingerprint density at radius 3 is 3.11 bits per heavy atom. The minimum absolute atomic E-state index is 0.140. The fourth-order valence-corrected chi connectivity index (χ4v) is 2.23. The van der Waals surface area contributed by atoms with Gasteiger partial charge in [-0.05, 0) is 12.6 Å². The highest BCUT2D eigenvalue weighted by Gasteiger charge is 2.16. The average Bonchev–Trinajstić information content (AvgIpc) is 2.40. The number of nitrogens with zero attached hydrogens (tertiary/aromatic N) is 2. The number of nitro groups is 1. The van der Waals surface area contributed by atoms with Gasteiger partial charge in [0.15, 0.2) is 0 Å². The Kier molecular flexibility index (Phi) is 4.84. The molecule has 0 aromatic heterocycles. The highest BCUT2D eigenvalue weighted by Crippen LogP contribution is 2.14. The van der Waals surface area contributed by atoms with Crippen molar-refractivity contribution < 1.29 is 9.66 Å². The summed E-state index contributed by atoms with van der Waals surface area (Å²) in [5.41, 5.74) is 1.09. The number of nitrogens with one attached hydrogen (secondary N) is 1. The van der Waals surface area contributed by atoms with Crippen LogP contribution in [0.25, 0.3) is 0 Å². The summed E-state index contributed by atoms with van der Waals surface area (Å²) in [4.78, 5) is 12.5. The third-order valence-electron chi connectivity index (χ3n) is 3.09. The number of hydrogen-bond acceptors (Lipinski definition) is 5. The fraction of sp³-hybridized carbons (Fsp3) is 0.538. The van der Waals surface area contributed by atoms with Crippen LogP contribution in [0.5, 0.6) is 0 Å². The van der Waals surface area contributed by atoms with Crippen molar-refractivity contribution in [1.82, 2.24) is 10.2 Å². The van der Waals surface area contributed by atoms with Gasteiger partial charge in [0.25, 0.3) is 5.69 Å². The number of non-ortho nitro benzene ring substituents is 1. The molecule has 6 nitrogen and oxygen atoms in total. The van der Waals surface area contributed by atoms with Gasteiger partial charge in [-0.1, -0.05) is 12.1 Å². The molecular weight excluding hydrogens is 246 g/mol. The molecule has 2 rings (SSSR count). The Hall–Kier alpha value is -1.50. The molecule has 0 aliphatic carbocycles. The molecule has 0 spiro atoms. The van der Waals surface area contributed by atoms with E-state index < -0.39 is 0 Å². The number of likely N-dealkylation sites (N-methyl/N-ethyl adjacent to an activating group) is 1. The number of nitro benzene ring substituents is 1. The molecule has 0 amide bonds. The van der Waals surface area contributed by atoms with Crippen molar-refractivity contribution in [3.05, 3.63) is 39.9 Å². The van der Waals surface area contributed by atoms with Crippen LogP contribution in [0, 0.1) is 10.1 Å². The largest absolute Gasteiger partial charge is 0.374 e. The van der Waals surface area contributed by atoms with Crippen molar-refractivity contribution in [2.75, 3.05) is 33.3 Å². The predicted molar refractivity (Wildman–Crippen MR) is 72.0 cm³/mol. The van der Waals surface area contributed by atoms with Crippen LogP contribution < -0.4 is 5.32 Å². The Morgan fingerprint density at radius 2 is 2.42 bits per heavy atom. The third kappa shape index (κ3) is 4.27. The van der Waals surface area contributed by atoms with E-state index in [1.807, 2.05) is 13.1 Å². The first-order valence-electron chi connectivity index (χ1n) is 6.39. The molecule has 1 aromatic carbocycles. The van der Waals surface area contributed by atoms with Gasteiger partial charge < -0.3 is 10.1 Å². The summed E-state index contributed by atoms with van der Waals surface area (Å²) in [7, 11) is 2.00. The van der Waals surface area contributed by atoms with E-state index in [-0.39, 0.29) is 16.7 Å². The van der Waals surface area contributed by atoms with Gasteiger partial charge in [0.1, 0.15) is 0 Å². The third-order valence-corrected chi connectivity index (χ3v) is 3.09. The highest BCUT2D eigenvalue weighted by atomic mass is 16.6. The van der Waals surface area contributed by atoms with Crippen molar-refractivity contribution in [2.24, 2.45) is 0 Å². The van der Waals surface area contributed by atoms with Crippen molar-refractivity contribution >= 4 is 5.69 Å². The van der Waals surface area contributed by atoms with Gasteiger partial charge in [-0.25, -0.2) is 0 Å². The Morgan fingerprint density at radius 1 is 1.58 bits per heavy atom. The maximum atomic E-state index is 10.7. The molecule has 1 aliphatic heterocycles. The molecule has 1 aromatic rings. The summed E-state index contributed by atoms with van der Waals surface area (Å²) in [6.45, 7) is 4.01. The van der Waals surface area contributed by atoms with Crippen molar-refractivity contribution in [1.29, 1.82) is 0 Å². The van der Waals surface area contributed by atoms with E-state index in [1.165, 1.54) is 6.07 Å². The van der Waals surface area contributed by atoms with Crippen LogP contribution in [-0.4, -0.2) is 49.2 Å². The van der Waals surface area contributed by atoms with Crippen LogP contribution in [0.1, 0.15) is 5.56 Å². The van der Waals surface area contributed by atoms with Crippen LogP contribution in [0.3, 0.4) is 0 Å². The molecule has 1 aliphatic rings. The van der Waals surface area contributed by atoms with E-state index in [0.29, 0.717) is 6.54 Å². The number of rotatable bonds is 5. The van der Waals surface area contributed by atoms with Crippen molar-refractivity contribution in [3.8, 4) is 0 Å². The number of ether oxygens (including phenoxy) is 1. The minimum atomic E-state index is -0.363. The molecule has 0 bridgehead atoms. The van der Waals surface area contributed by atoms with Gasteiger partial charge in [-0.2, -0.15) is 0 Å². The zero-order valence-electron chi connectivity index (χ0n) is 11.0. The van der Waals surface area contributed by atoms with Gasteiger partial charge in [0.2, 0.25) is 0 Å². The average molecular weight is 265 g/mol. The molecule has 19 heavy (non-hydrogen) atoms. The molecule has 1 N–H and O–H groups in total. The standard InChI is InChI=1S/C13H19N3O3/c1-15(10-13-8-14-5-6-19-13)9-11-3-2-4-12(7-11)16(17)18/h2-4,7,13-14H,5-6,8-10H2,1H3. The van der Waals surface area contributed by atoms with Crippen LogP contribution in [0.15, 0.2) is 24.3 Å². The maximum absolute atomic E-state index is 10.7. The molecule has 1 fully saturated rings. The number of morpholine rings is 1. The zero-order valence-corrected chi connectivity index (χ0v) is 11.0. The summed E-state index contributed by atoms with van der Waals surface area (Å²) in [5.74, 6) is 0. The molecule has 1 heterocycles. The second-order valence-corrected chi connectivity index (χ2v) is 4.82. The normalized spacial score (nSPS) is 19.6. The van der Waals surface area contributed by atoms with Gasteiger partial charge >= 0.3 is 0 Å². The summed E-state index contributed by atoms with van der Waals surface area (Å²) in [5, 5.41) is 14.0. The van der Waals surface area contributed by atoms with Crippen LogP contribution in [-0.2, 0) is 11.3 Å². The Balaban J connectivity index is 1.88. The maximum Gasteiger partial charge on any atom is 0.269 e. The van der Waals surface area contributed by atoms with Gasteiger partial charge in [-0.15, -0.1) is 0 Å². The monoisotopic (exact) mass is 265 g/mol. The lowest BCUT2D eigenvalue weighted by Crippen LogP contribution is -2.44. The first-order chi connectivity index (χ1) is 9.15. The highest BCUT2D eigenvalue weighted by molar-refractivity contribution is 5.34. The second kappa shape index (κ2) is 6.60. The number of benzene rings is 1. The second-order valence-electron chi connectivity index (χ2n) is 4.82. The molecule has 104 valence electrons. The van der Waals surface area contributed by atoms with E-state index in [2.05, 4.69) is 10.2 Å². The van der Waals surface area contributed by atoms with E-state index in [0.717, 1.165) is 31.8 Å². The summed E-state index contributed by atoms with van der Waals surface area (Å²) in [6, 6.07) is 6.76. The van der Waals surface area contributed by atoms with E-state index in [1.54, 1.807) is 12.1 Å². The van der Waals surface area contributed by atoms with E-state index in [4.69, 9.17) is 4.74 Å². The molecule has 6 heteroatoms. The summed E-state index contributed by atoms with van der Waals surface area (Å²) >= 11 is 0. The summed E-state index contributed by atoms with van der Waals surface area (Å²) in [6.07, 6.45) is 0.192. The minimum Gasteiger partial charge on any atom is -0.374 e. The van der Waals surface area contributed by atoms with Crippen molar-refractivity contribution in [3.63, 3.8) is 0 Å². The van der Waals surface area contributed by atoms with Gasteiger partial charge in [0.05, 0.1) is 17.6 Å². The Labute approximate surface area is 112 Å². The van der Waals surface area contributed by atoms with E-state index >= 15 is 0 Å². The van der Waals surface area contributed by atoms with Gasteiger partial charge in [0, 0.05) is 38.3 Å². The van der Waals surface area contributed by atoms with Gasteiger partial charge in [-0.3, -0.25) is 15.0 Å². The molecule has 1 atom stereocenters. The Bertz CT molecular complexity index is 433. The quantitative estimate of drug-likeness (QED) is 0.636. The predicted octanol–water partition coefficient (Wildman–Crippen LogP) is 1.01. The number of hydrogen-bond donors (Lipinski definition) is 1. The first-order valence-corrected chi connectivity index (χ1v) is 6.39. The smallest absolute Gasteiger partial charge is 0.269 e. The molecular formula is C13H19N3O3. The lowest BCUT2D eigenvalue weighted by molar-refractivity contribution is -0.384. The van der Waals surface area contributed by atoms with Crippen LogP contribution >= 0.6 is 0 Å². The molecule has 1 saturated heterocycles. The molecule has 0 saturated carbocycles. The van der Waals surface area contributed by atoms with Crippen LogP contribution in [0.4, 0.5) is 5.69 Å². The van der Waals surface area contributed by atoms with Crippen molar-refractivity contribution in [2.45, 2.75) is 12.6 Å². The zero-order chi connectivity index (χ0) is 13.7. The topological polar surface area (TPSA) is 67.6 Å². The fourth-order valence-electron chi connectivity index (χ4n) is 2.23. The van der Waals surface area contributed by atoms with E-state index in [9.17, 15) is 10.1 Å². The molecule has 1 unspecified atom stereocenters. The lowest BCUT2D eigenvalue weighted by atomic mass is 10.2. The first kappa shape index (κ1) is 13.9. The summed E-state index contributed by atoms with van der Waals surface area (Å²) < 4.78 is 5.64. The lowest BCUT2D eigenvalue weighted by Gasteiger charge is -2.28. The molecule has 0 radical (unpaired) electrons.